The largest absolute Gasteiger partial charge is 0.327 e. The first kappa shape index (κ1) is 16.8. The van der Waals surface area contributed by atoms with Crippen LogP contribution in [0.5, 0.6) is 0 Å². The van der Waals surface area contributed by atoms with E-state index in [9.17, 15) is 14.4 Å². The predicted molar refractivity (Wildman–Crippen MR) is 98.4 cm³/mol. The minimum Gasteiger partial charge on any atom is -0.327 e. The van der Waals surface area contributed by atoms with Crippen LogP contribution in [0.15, 0.2) is 48.5 Å². The average molecular weight is 369 g/mol. The lowest BCUT2D eigenvalue weighted by atomic mass is 10.0. The lowest BCUT2D eigenvalue weighted by Crippen LogP contribution is -2.52. The third-order valence-corrected chi connectivity index (χ3v) is 5.19. The molecule has 2 aromatic carbocycles. The van der Waals surface area contributed by atoms with Crippen molar-refractivity contribution >= 4 is 35.0 Å². The van der Waals surface area contributed by atoms with E-state index >= 15 is 0 Å². The number of anilines is 1. The van der Waals surface area contributed by atoms with Crippen LogP contribution in [0.2, 0.25) is 5.02 Å². The van der Waals surface area contributed by atoms with Crippen LogP contribution in [-0.4, -0.2) is 35.2 Å². The first-order valence-electron chi connectivity index (χ1n) is 8.62. The molecule has 0 unspecified atom stereocenters. The van der Waals surface area contributed by atoms with E-state index in [1.165, 1.54) is 0 Å². The standard InChI is InChI=1S/C20H17ClN2O3/c21-14-10-8-13(9-11-14)18(24)23-16-6-2-1-5-15(16)19(25)22-12-4-3-7-17(22)20(23)26/h1-2,5-6,8-11,17H,3-4,7,12H2/t17-/m0/s1. The zero-order chi connectivity index (χ0) is 18.3. The molecule has 1 atom stereocenters. The van der Waals surface area contributed by atoms with Gasteiger partial charge in [0.25, 0.3) is 17.7 Å². The van der Waals surface area contributed by atoms with Gasteiger partial charge in [-0.15, -0.1) is 0 Å². The van der Waals surface area contributed by atoms with Crippen LogP contribution < -0.4 is 4.90 Å². The summed E-state index contributed by atoms with van der Waals surface area (Å²) in [5.41, 5.74) is 1.08. The van der Waals surface area contributed by atoms with E-state index in [0.29, 0.717) is 34.8 Å². The topological polar surface area (TPSA) is 57.7 Å². The number of para-hydroxylation sites is 1. The first-order chi connectivity index (χ1) is 12.6. The molecule has 1 saturated heterocycles. The van der Waals surface area contributed by atoms with Gasteiger partial charge in [-0.2, -0.15) is 0 Å². The third kappa shape index (κ3) is 2.69. The molecule has 0 N–H and O–H groups in total. The van der Waals surface area contributed by atoms with Crippen molar-refractivity contribution in [3.05, 3.63) is 64.7 Å². The van der Waals surface area contributed by atoms with Gasteiger partial charge in [0.15, 0.2) is 0 Å². The molecule has 4 rings (SSSR count). The highest BCUT2D eigenvalue weighted by molar-refractivity contribution is 6.31. The number of carbonyl (C=O) groups is 3. The maximum absolute atomic E-state index is 13.3. The van der Waals surface area contributed by atoms with Crippen molar-refractivity contribution in [3.8, 4) is 0 Å². The third-order valence-electron chi connectivity index (χ3n) is 4.94. The van der Waals surface area contributed by atoms with Crippen LogP contribution >= 0.6 is 11.6 Å². The molecule has 0 radical (unpaired) electrons. The van der Waals surface area contributed by atoms with Crippen molar-refractivity contribution in [3.63, 3.8) is 0 Å². The minimum atomic E-state index is -0.597. The summed E-state index contributed by atoms with van der Waals surface area (Å²) in [5, 5.41) is 0.512. The van der Waals surface area contributed by atoms with E-state index in [1.807, 2.05) is 0 Å². The number of nitrogens with zero attached hydrogens (tertiary/aromatic N) is 2. The second kappa shape index (κ2) is 6.57. The van der Waals surface area contributed by atoms with E-state index in [4.69, 9.17) is 11.6 Å². The van der Waals surface area contributed by atoms with Crippen LogP contribution in [-0.2, 0) is 4.79 Å². The summed E-state index contributed by atoms with van der Waals surface area (Å²) in [6.45, 7) is 0.534. The Labute approximate surface area is 156 Å². The summed E-state index contributed by atoms with van der Waals surface area (Å²) in [6, 6.07) is 12.6. The average Bonchev–Trinajstić information content (AvgIpc) is 2.76. The number of benzene rings is 2. The summed E-state index contributed by atoms with van der Waals surface area (Å²) in [7, 11) is 0. The molecule has 2 aliphatic heterocycles. The highest BCUT2D eigenvalue weighted by Crippen LogP contribution is 2.32. The predicted octanol–water partition coefficient (Wildman–Crippen LogP) is 3.52. The van der Waals surface area contributed by atoms with E-state index in [-0.39, 0.29) is 11.8 Å². The molecular formula is C20H17ClN2O3. The minimum absolute atomic E-state index is 0.190. The summed E-state index contributed by atoms with van der Waals surface area (Å²) in [4.78, 5) is 42.2. The summed E-state index contributed by atoms with van der Waals surface area (Å²) in [5.74, 6) is -0.979. The smallest absolute Gasteiger partial charge is 0.265 e. The quantitative estimate of drug-likeness (QED) is 0.723. The van der Waals surface area contributed by atoms with Crippen LogP contribution in [0, 0.1) is 0 Å². The first-order valence-corrected chi connectivity index (χ1v) is 8.99. The molecule has 0 aromatic heterocycles. The van der Waals surface area contributed by atoms with Gasteiger partial charge in [-0.05, 0) is 55.7 Å². The Morgan fingerprint density at radius 1 is 1.00 bits per heavy atom. The van der Waals surface area contributed by atoms with Gasteiger partial charge in [-0.3, -0.25) is 14.4 Å². The van der Waals surface area contributed by atoms with Gasteiger partial charge in [-0.25, -0.2) is 4.90 Å². The molecule has 5 nitrogen and oxygen atoms in total. The van der Waals surface area contributed by atoms with Gasteiger partial charge in [0.2, 0.25) is 0 Å². The maximum atomic E-state index is 13.3. The Kier molecular flexibility index (Phi) is 4.24. The van der Waals surface area contributed by atoms with Crippen molar-refractivity contribution in [2.24, 2.45) is 0 Å². The van der Waals surface area contributed by atoms with Crippen LogP contribution in [0.4, 0.5) is 5.69 Å². The van der Waals surface area contributed by atoms with Crippen molar-refractivity contribution in [2.75, 3.05) is 11.4 Å². The Morgan fingerprint density at radius 3 is 2.50 bits per heavy atom. The number of carbonyl (C=O) groups excluding carboxylic acids is 3. The molecule has 26 heavy (non-hydrogen) atoms. The number of piperidine rings is 1. The monoisotopic (exact) mass is 368 g/mol. The van der Waals surface area contributed by atoms with E-state index in [1.54, 1.807) is 53.4 Å². The fraction of sp³-hybridized carbons (Fsp3) is 0.250. The normalized spacial score (nSPS) is 19.7. The molecule has 6 heteroatoms. The molecule has 1 fully saturated rings. The van der Waals surface area contributed by atoms with Crippen molar-refractivity contribution in [2.45, 2.75) is 25.3 Å². The number of amides is 3. The molecule has 132 valence electrons. The fourth-order valence-electron chi connectivity index (χ4n) is 3.63. The van der Waals surface area contributed by atoms with Gasteiger partial charge in [0.1, 0.15) is 6.04 Å². The highest BCUT2D eigenvalue weighted by Gasteiger charge is 2.42. The second-order valence-electron chi connectivity index (χ2n) is 6.51. The zero-order valence-corrected chi connectivity index (χ0v) is 14.8. The Bertz CT molecular complexity index is 894. The van der Waals surface area contributed by atoms with Crippen molar-refractivity contribution in [1.82, 2.24) is 4.90 Å². The number of rotatable bonds is 1. The van der Waals surface area contributed by atoms with Gasteiger partial charge in [0.05, 0.1) is 11.3 Å². The van der Waals surface area contributed by atoms with Gasteiger partial charge in [0, 0.05) is 17.1 Å². The number of hydrogen-bond acceptors (Lipinski definition) is 3. The molecule has 0 bridgehead atoms. The lowest BCUT2D eigenvalue weighted by Gasteiger charge is -2.34. The molecule has 0 spiro atoms. The van der Waals surface area contributed by atoms with E-state index in [0.717, 1.165) is 17.7 Å². The van der Waals surface area contributed by atoms with E-state index in [2.05, 4.69) is 0 Å². The van der Waals surface area contributed by atoms with Gasteiger partial charge >= 0.3 is 0 Å². The molecule has 0 saturated carbocycles. The summed E-state index contributed by atoms with van der Waals surface area (Å²) in [6.07, 6.45) is 2.30. The SMILES string of the molecule is O=C(c1ccc(Cl)cc1)N1C(=O)[C@@H]2CCCCN2C(=O)c2ccccc21. The van der Waals surface area contributed by atoms with Crippen LogP contribution in [0.3, 0.4) is 0 Å². The summed E-state index contributed by atoms with van der Waals surface area (Å²) < 4.78 is 0. The fourth-order valence-corrected chi connectivity index (χ4v) is 3.76. The second-order valence-corrected chi connectivity index (χ2v) is 6.95. The van der Waals surface area contributed by atoms with Crippen LogP contribution in [0.1, 0.15) is 40.0 Å². The Hall–Kier alpha value is -2.66. The molecule has 2 aliphatic rings. The number of halogens is 1. The molecular weight excluding hydrogens is 352 g/mol. The van der Waals surface area contributed by atoms with Gasteiger partial charge < -0.3 is 4.90 Å². The maximum Gasteiger partial charge on any atom is 0.265 e. The van der Waals surface area contributed by atoms with Crippen molar-refractivity contribution < 1.29 is 14.4 Å². The highest BCUT2D eigenvalue weighted by atomic mass is 35.5. The molecule has 0 aliphatic carbocycles. The molecule has 2 aromatic rings. The van der Waals surface area contributed by atoms with Crippen LogP contribution in [0.25, 0.3) is 0 Å². The molecule has 3 amide bonds. The number of hydrogen-bond donors (Lipinski definition) is 0. The van der Waals surface area contributed by atoms with Gasteiger partial charge in [-0.1, -0.05) is 23.7 Å². The van der Waals surface area contributed by atoms with E-state index < -0.39 is 11.9 Å². The van der Waals surface area contributed by atoms with Crippen molar-refractivity contribution in [1.29, 1.82) is 0 Å². The Balaban J connectivity index is 1.85. The summed E-state index contributed by atoms with van der Waals surface area (Å²) >= 11 is 5.91. The number of imide groups is 1. The number of fused-ring (bicyclic) bond motifs is 2. The molecule has 2 heterocycles. The lowest BCUT2D eigenvalue weighted by molar-refractivity contribution is -0.123. The zero-order valence-electron chi connectivity index (χ0n) is 14.0. The Morgan fingerprint density at radius 2 is 1.73 bits per heavy atom.